The Morgan fingerprint density at radius 1 is 1.25 bits per heavy atom. The zero-order chi connectivity index (χ0) is 14.9. The molecule has 3 N–H and O–H groups in total. The van der Waals surface area contributed by atoms with Crippen LogP contribution in [0.5, 0.6) is 0 Å². The van der Waals surface area contributed by atoms with E-state index in [9.17, 15) is 9.59 Å². The first-order chi connectivity index (χ1) is 9.38. The molecule has 0 saturated carbocycles. The second kappa shape index (κ2) is 5.87. The highest BCUT2D eigenvalue weighted by atomic mass is 79.9. The molecule has 1 aromatic carbocycles. The molecule has 1 heterocycles. The maximum Gasteiger partial charge on any atom is 0.335 e. The smallest absolute Gasteiger partial charge is 0.335 e. The van der Waals surface area contributed by atoms with Gasteiger partial charge < -0.3 is 15.4 Å². The van der Waals surface area contributed by atoms with E-state index in [0.29, 0.717) is 10.2 Å². The molecular formula is C12H7BrCl2N2O3. The Kier molecular flexibility index (Phi) is 4.37. The van der Waals surface area contributed by atoms with E-state index in [1.54, 1.807) is 0 Å². The fourth-order valence-corrected chi connectivity index (χ4v) is 2.26. The average molecular weight is 378 g/mol. The van der Waals surface area contributed by atoms with Crippen molar-refractivity contribution in [2.75, 3.05) is 5.32 Å². The lowest BCUT2D eigenvalue weighted by Gasteiger charge is -2.07. The molecule has 20 heavy (non-hydrogen) atoms. The van der Waals surface area contributed by atoms with Gasteiger partial charge in [-0.05, 0) is 40.2 Å². The quantitative estimate of drug-likeness (QED) is 0.754. The minimum Gasteiger partial charge on any atom is -0.478 e. The Hall–Kier alpha value is -1.50. The van der Waals surface area contributed by atoms with E-state index in [0.717, 1.165) is 0 Å². The number of rotatable bonds is 3. The molecule has 0 radical (unpaired) electrons. The number of hydrogen-bond acceptors (Lipinski definition) is 2. The second-order valence-corrected chi connectivity index (χ2v) is 5.44. The molecule has 0 aliphatic carbocycles. The maximum atomic E-state index is 12.0. The molecule has 0 spiro atoms. The van der Waals surface area contributed by atoms with E-state index in [4.69, 9.17) is 28.3 Å². The van der Waals surface area contributed by atoms with Crippen LogP contribution in [0, 0.1) is 0 Å². The number of carbonyl (C=O) groups excluding carboxylic acids is 1. The lowest BCUT2D eigenvalue weighted by atomic mass is 10.2. The molecule has 0 bridgehead atoms. The average Bonchev–Trinajstić information content (AvgIpc) is 2.72. The number of aromatic nitrogens is 1. The number of aromatic carboxylic acids is 1. The van der Waals surface area contributed by atoms with Crippen LogP contribution in [0.1, 0.15) is 20.8 Å². The predicted molar refractivity (Wildman–Crippen MR) is 79.9 cm³/mol. The molecule has 1 amide bonds. The molecule has 0 aliphatic heterocycles. The summed E-state index contributed by atoms with van der Waals surface area (Å²) in [5.74, 6) is -1.49. The van der Waals surface area contributed by atoms with E-state index in [-0.39, 0.29) is 21.4 Å². The number of carboxylic acids is 1. The van der Waals surface area contributed by atoms with Gasteiger partial charge in [0.05, 0.1) is 16.3 Å². The number of H-pyrrole nitrogens is 1. The highest BCUT2D eigenvalue weighted by Gasteiger charge is 2.14. The third-order valence-corrected chi connectivity index (χ3v) is 3.78. The highest BCUT2D eigenvalue weighted by molar-refractivity contribution is 9.10. The number of carbonyl (C=O) groups is 2. The fraction of sp³-hybridized carbons (Fsp3) is 0. The molecular weight excluding hydrogens is 371 g/mol. The predicted octanol–water partition coefficient (Wildman–Crippen LogP) is 4.03. The van der Waals surface area contributed by atoms with Gasteiger partial charge >= 0.3 is 5.97 Å². The number of amides is 1. The van der Waals surface area contributed by atoms with Crippen LogP contribution >= 0.6 is 39.1 Å². The van der Waals surface area contributed by atoms with Crippen molar-refractivity contribution in [1.29, 1.82) is 0 Å². The summed E-state index contributed by atoms with van der Waals surface area (Å²) >= 11 is 14.7. The van der Waals surface area contributed by atoms with Crippen molar-refractivity contribution in [3.05, 3.63) is 50.2 Å². The lowest BCUT2D eigenvalue weighted by molar-refractivity contribution is 0.0696. The summed E-state index contributed by atoms with van der Waals surface area (Å²) < 4.78 is 0.453. The van der Waals surface area contributed by atoms with E-state index in [2.05, 4.69) is 26.2 Å². The van der Waals surface area contributed by atoms with Gasteiger partial charge in [0.2, 0.25) is 0 Å². The first kappa shape index (κ1) is 14.9. The van der Waals surface area contributed by atoms with Gasteiger partial charge in [-0.15, -0.1) is 0 Å². The van der Waals surface area contributed by atoms with Crippen LogP contribution in [0.4, 0.5) is 5.69 Å². The summed E-state index contributed by atoms with van der Waals surface area (Å²) in [4.78, 5) is 25.4. The molecule has 0 unspecified atom stereocenters. The van der Waals surface area contributed by atoms with Gasteiger partial charge in [-0.3, -0.25) is 4.79 Å². The van der Waals surface area contributed by atoms with Crippen molar-refractivity contribution in [3.63, 3.8) is 0 Å². The van der Waals surface area contributed by atoms with Crippen LogP contribution in [-0.2, 0) is 0 Å². The second-order valence-electron chi connectivity index (χ2n) is 3.80. The Balaban J connectivity index is 2.21. The van der Waals surface area contributed by atoms with Crippen LogP contribution in [0.25, 0.3) is 0 Å². The highest BCUT2D eigenvalue weighted by Crippen LogP contribution is 2.26. The van der Waals surface area contributed by atoms with Crippen molar-refractivity contribution in [2.24, 2.45) is 0 Å². The SMILES string of the molecule is O=C(O)c1ccc(NC(=O)c2cc(Cl)c(Cl)[nH]2)c(Br)c1. The van der Waals surface area contributed by atoms with E-state index >= 15 is 0 Å². The molecule has 2 aromatic rings. The molecule has 0 aliphatic rings. The minimum absolute atomic E-state index is 0.112. The van der Waals surface area contributed by atoms with Gasteiger partial charge in [0, 0.05) is 4.47 Å². The van der Waals surface area contributed by atoms with Crippen LogP contribution in [-0.4, -0.2) is 22.0 Å². The molecule has 5 nitrogen and oxygen atoms in total. The van der Waals surface area contributed by atoms with Crippen LogP contribution in [0.15, 0.2) is 28.7 Å². The molecule has 0 fully saturated rings. The number of aromatic amines is 1. The van der Waals surface area contributed by atoms with Crippen molar-refractivity contribution < 1.29 is 14.7 Å². The summed E-state index contributed by atoms with van der Waals surface area (Å²) in [6, 6.07) is 5.67. The number of benzene rings is 1. The summed E-state index contributed by atoms with van der Waals surface area (Å²) in [6.07, 6.45) is 0. The summed E-state index contributed by atoms with van der Waals surface area (Å²) in [5, 5.41) is 11.9. The van der Waals surface area contributed by atoms with Crippen LogP contribution in [0.2, 0.25) is 10.2 Å². The number of carboxylic acid groups (broad SMARTS) is 1. The summed E-state index contributed by atoms with van der Waals surface area (Å²) in [7, 11) is 0. The molecule has 2 rings (SSSR count). The Labute approximate surface area is 132 Å². The van der Waals surface area contributed by atoms with E-state index in [1.807, 2.05) is 0 Å². The fourth-order valence-electron chi connectivity index (χ4n) is 1.47. The number of hydrogen-bond donors (Lipinski definition) is 3. The van der Waals surface area contributed by atoms with Crippen molar-refractivity contribution >= 4 is 56.7 Å². The molecule has 0 atom stereocenters. The van der Waals surface area contributed by atoms with Gasteiger partial charge in [-0.25, -0.2) is 4.79 Å². The van der Waals surface area contributed by atoms with Crippen molar-refractivity contribution in [1.82, 2.24) is 4.98 Å². The van der Waals surface area contributed by atoms with Crippen molar-refractivity contribution in [2.45, 2.75) is 0 Å². The van der Waals surface area contributed by atoms with E-state index in [1.165, 1.54) is 24.3 Å². The normalized spacial score (nSPS) is 10.3. The first-order valence-electron chi connectivity index (χ1n) is 5.26. The Morgan fingerprint density at radius 2 is 1.95 bits per heavy atom. The van der Waals surface area contributed by atoms with Crippen LogP contribution < -0.4 is 5.32 Å². The summed E-state index contributed by atoms with van der Waals surface area (Å²) in [6.45, 7) is 0. The number of halogens is 3. The van der Waals surface area contributed by atoms with Gasteiger partial charge in [-0.2, -0.15) is 0 Å². The lowest BCUT2D eigenvalue weighted by Crippen LogP contribution is -2.13. The largest absolute Gasteiger partial charge is 0.478 e. The van der Waals surface area contributed by atoms with Crippen molar-refractivity contribution in [3.8, 4) is 0 Å². The number of anilines is 1. The van der Waals surface area contributed by atoms with Gasteiger partial charge in [0.15, 0.2) is 0 Å². The zero-order valence-corrected chi connectivity index (χ0v) is 12.8. The Bertz CT molecular complexity index is 681. The molecule has 1 aromatic heterocycles. The third-order valence-electron chi connectivity index (χ3n) is 2.43. The summed E-state index contributed by atoms with van der Waals surface area (Å²) in [5.41, 5.74) is 0.747. The van der Waals surface area contributed by atoms with Crippen LogP contribution in [0.3, 0.4) is 0 Å². The molecule has 0 saturated heterocycles. The topological polar surface area (TPSA) is 82.2 Å². The van der Waals surface area contributed by atoms with Gasteiger partial charge in [-0.1, -0.05) is 23.2 Å². The van der Waals surface area contributed by atoms with Gasteiger partial charge in [0.25, 0.3) is 5.91 Å². The monoisotopic (exact) mass is 376 g/mol. The maximum absolute atomic E-state index is 12.0. The zero-order valence-electron chi connectivity index (χ0n) is 9.71. The first-order valence-corrected chi connectivity index (χ1v) is 6.81. The minimum atomic E-state index is -1.05. The number of nitrogens with one attached hydrogen (secondary N) is 2. The standard InChI is InChI=1S/C12H7BrCl2N2O3/c13-6-3-5(12(19)20)1-2-8(6)17-11(18)9-4-7(14)10(15)16-9/h1-4,16H,(H,17,18)(H,19,20). The molecule has 104 valence electrons. The van der Waals surface area contributed by atoms with E-state index < -0.39 is 11.9 Å². The third kappa shape index (κ3) is 3.15. The van der Waals surface area contributed by atoms with Gasteiger partial charge in [0.1, 0.15) is 10.8 Å². The molecule has 8 heteroatoms. The Morgan fingerprint density at radius 3 is 2.45 bits per heavy atom.